The molecule has 1 nitrogen and oxygen atoms in total. The molecule has 1 rings (SSSR count). The van der Waals surface area contributed by atoms with Gasteiger partial charge in [-0.3, -0.25) is 0 Å². The first-order valence-electron chi connectivity index (χ1n) is 5.70. The molecule has 0 aliphatic heterocycles. The molecule has 1 N–H and O–H groups in total. The minimum atomic E-state index is -0.222. The Morgan fingerprint density at radius 2 is 2.06 bits per heavy atom. The molecule has 2 atom stereocenters. The van der Waals surface area contributed by atoms with E-state index in [4.69, 9.17) is 0 Å². The van der Waals surface area contributed by atoms with E-state index >= 15 is 0 Å². The SMILES string of the molecule is CC(CC(O)Cc1cc(Br)cs1)C(C)(C)C. The molecule has 0 aromatic carbocycles. The molecule has 0 radical (unpaired) electrons. The number of halogens is 1. The second kappa shape index (κ2) is 5.65. The highest BCUT2D eigenvalue weighted by atomic mass is 79.9. The molecule has 1 aromatic heterocycles. The molecule has 3 heteroatoms. The van der Waals surface area contributed by atoms with E-state index in [9.17, 15) is 5.11 Å². The highest BCUT2D eigenvalue weighted by molar-refractivity contribution is 9.10. The largest absolute Gasteiger partial charge is 0.393 e. The molecule has 0 aliphatic carbocycles. The molecule has 2 unspecified atom stereocenters. The monoisotopic (exact) mass is 304 g/mol. The van der Waals surface area contributed by atoms with Crippen LogP contribution in [0.1, 0.15) is 39.0 Å². The summed E-state index contributed by atoms with van der Waals surface area (Å²) in [5.74, 6) is 0.533. The lowest BCUT2D eigenvalue weighted by atomic mass is 9.78. The van der Waals surface area contributed by atoms with Crippen LogP contribution in [0.4, 0.5) is 0 Å². The lowest BCUT2D eigenvalue weighted by Gasteiger charge is -2.29. The summed E-state index contributed by atoms with van der Waals surface area (Å²) in [7, 11) is 0. The lowest BCUT2D eigenvalue weighted by molar-refractivity contribution is 0.111. The molecule has 1 heterocycles. The van der Waals surface area contributed by atoms with Crippen LogP contribution in [0.2, 0.25) is 0 Å². The number of hydrogen-bond donors (Lipinski definition) is 1. The second-order valence-electron chi connectivity index (χ2n) is 5.59. The number of thiophene rings is 1. The van der Waals surface area contributed by atoms with Gasteiger partial charge in [0, 0.05) is 21.2 Å². The maximum Gasteiger partial charge on any atom is 0.0591 e. The predicted molar refractivity (Wildman–Crippen MR) is 75.0 cm³/mol. The van der Waals surface area contributed by atoms with Crippen LogP contribution < -0.4 is 0 Å². The van der Waals surface area contributed by atoms with E-state index in [1.165, 1.54) is 4.88 Å². The maximum absolute atomic E-state index is 10.0. The summed E-state index contributed by atoms with van der Waals surface area (Å²) in [5.41, 5.74) is 0.275. The van der Waals surface area contributed by atoms with Gasteiger partial charge in [-0.25, -0.2) is 0 Å². The average molecular weight is 305 g/mol. The van der Waals surface area contributed by atoms with Gasteiger partial charge < -0.3 is 5.11 Å². The first kappa shape index (κ1) is 14.2. The van der Waals surface area contributed by atoms with Gasteiger partial charge in [0.05, 0.1) is 6.10 Å². The number of hydrogen-bond acceptors (Lipinski definition) is 2. The van der Waals surface area contributed by atoms with Gasteiger partial charge in [-0.05, 0) is 39.8 Å². The van der Waals surface area contributed by atoms with Crippen molar-refractivity contribution in [1.82, 2.24) is 0 Å². The molecule has 1 aromatic rings. The van der Waals surface area contributed by atoms with E-state index in [-0.39, 0.29) is 11.5 Å². The van der Waals surface area contributed by atoms with E-state index in [0.717, 1.165) is 17.3 Å². The Hall–Kier alpha value is 0.140. The summed E-state index contributed by atoms with van der Waals surface area (Å²) in [6, 6.07) is 2.09. The van der Waals surface area contributed by atoms with Crippen LogP contribution in [0, 0.1) is 11.3 Å². The zero-order valence-electron chi connectivity index (χ0n) is 10.5. The zero-order valence-corrected chi connectivity index (χ0v) is 12.9. The standard InChI is InChI=1S/C13H21BrOS/c1-9(13(2,3)4)5-11(15)7-12-6-10(14)8-16-12/h6,8-9,11,15H,5,7H2,1-4H3. The molecule has 0 fully saturated rings. The highest BCUT2D eigenvalue weighted by Gasteiger charge is 2.22. The van der Waals surface area contributed by atoms with Crippen LogP contribution in [0.5, 0.6) is 0 Å². The van der Waals surface area contributed by atoms with Crippen molar-refractivity contribution in [2.45, 2.75) is 46.6 Å². The van der Waals surface area contributed by atoms with Crippen molar-refractivity contribution in [1.29, 1.82) is 0 Å². The van der Waals surface area contributed by atoms with Crippen molar-refractivity contribution in [3.05, 3.63) is 20.8 Å². The van der Waals surface area contributed by atoms with Gasteiger partial charge >= 0.3 is 0 Å². The zero-order chi connectivity index (χ0) is 12.3. The van der Waals surface area contributed by atoms with Gasteiger partial charge in [0.2, 0.25) is 0 Å². The summed E-state index contributed by atoms with van der Waals surface area (Å²) in [6.45, 7) is 8.90. The smallest absolute Gasteiger partial charge is 0.0591 e. The third kappa shape index (κ3) is 4.56. The minimum Gasteiger partial charge on any atom is -0.393 e. The number of rotatable bonds is 4. The Morgan fingerprint density at radius 1 is 1.44 bits per heavy atom. The third-order valence-electron chi connectivity index (χ3n) is 3.16. The first-order chi connectivity index (χ1) is 7.29. The topological polar surface area (TPSA) is 20.2 Å². The van der Waals surface area contributed by atoms with Crippen molar-refractivity contribution in [2.24, 2.45) is 11.3 Å². The molecule has 92 valence electrons. The van der Waals surface area contributed by atoms with E-state index in [0.29, 0.717) is 5.92 Å². The molecule has 0 saturated carbocycles. The second-order valence-corrected chi connectivity index (χ2v) is 7.50. The van der Waals surface area contributed by atoms with Crippen molar-refractivity contribution in [3.63, 3.8) is 0 Å². The molecule has 0 bridgehead atoms. The van der Waals surface area contributed by atoms with Gasteiger partial charge in [0.15, 0.2) is 0 Å². The fourth-order valence-electron chi connectivity index (χ4n) is 1.54. The molecule has 16 heavy (non-hydrogen) atoms. The highest BCUT2D eigenvalue weighted by Crippen LogP contribution is 2.30. The summed E-state index contributed by atoms with van der Waals surface area (Å²) >= 11 is 5.14. The van der Waals surface area contributed by atoms with E-state index in [1.54, 1.807) is 11.3 Å². The van der Waals surface area contributed by atoms with Gasteiger partial charge in [0.25, 0.3) is 0 Å². The van der Waals surface area contributed by atoms with Crippen LogP contribution in [-0.2, 0) is 6.42 Å². The van der Waals surface area contributed by atoms with E-state index in [1.807, 2.05) is 0 Å². The van der Waals surface area contributed by atoms with Gasteiger partial charge in [-0.15, -0.1) is 11.3 Å². The predicted octanol–water partition coefficient (Wildman–Crippen LogP) is 4.49. The summed E-state index contributed by atoms with van der Waals surface area (Å²) in [6.07, 6.45) is 1.43. The molecular weight excluding hydrogens is 284 g/mol. The van der Waals surface area contributed by atoms with Crippen LogP contribution in [0.25, 0.3) is 0 Å². The van der Waals surface area contributed by atoms with Gasteiger partial charge in [-0.2, -0.15) is 0 Å². The average Bonchev–Trinajstić information content (AvgIpc) is 2.49. The van der Waals surface area contributed by atoms with Crippen LogP contribution >= 0.6 is 27.3 Å². The number of aliphatic hydroxyl groups excluding tert-OH is 1. The Balaban J connectivity index is 2.45. The molecule has 0 spiro atoms. The molecule has 0 aliphatic rings. The van der Waals surface area contributed by atoms with Crippen LogP contribution in [0.15, 0.2) is 15.9 Å². The van der Waals surface area contributed by atoms with E-state index < -0.39 is 0 Å². The molecule has 0 saturated heterocycles. The van der Waals surface area contributed by atoms with Crippen molar-refractivity contribution in [3.8, 4) is 0 Å². The Kier molecular flexibility index (Phi) is 5.02. The summed E-state index contributed by atoms with van der Waals surface area (Å²) < 4.78 is 1.11. The van der Waals surface area contributed by atoms with E-state index in [2.05, 4.69) is 55.1 Å². The first-order valence-corrected chi connectivity index (χ1v) is 7.37. The molecule has 0 amide bonds. The fourth-order valence-corrected chi connectivity index (χ4v) is 3.06. The summed E-state index contributed by atoms with van der Waals surface area (Å²) in [4.78, 5) is 1.25. The summed E-state index contributed by atoms with van der Waals surface area (Å²) in [5, 5.41) is 12.1. The normalized spacial score (nSPS) is 16.1. The Bertz CT molecular complexity index is 327. The Labute approximate surface area is 111 Å². The van der Waals surface area contributed by atoms with Crippen molar-refractivity contribution < 1.29 is 5.11 Å². The van der Waals surface area contributed by atoms with Crippen LogP contribution in [0.3, 0.4) is 0 Å². The van der Waals surface area contributed by atoms with Crippen LogP contribution in [-0.4, -0.2) is 11.2 Å². The fraction of sp³-hybridized carbons (Fsp3) is 0.692. The van der Waals surface area contributed by atoms with Gasteiger partial charge in [-0.1, -0.05) is 27.7 Å². The van der Waals surface area contributed by atoms with Gasteiger partial charge in [0.1, 0.15) is 0 Å². The molecular formula is C13H21BrOS. The third-order valence-corrected chi connectivity index (χ3v) is 4.88. The maximum atomic E-state index is 10.0. The number of aliphatic hydroxyl groups is 1. The van der Waals surface area contributed by atoms with Crippen molar-refractivity contribution >= 4 is 27.3 Å². The minimum absolute atomic E-state index is 0.222. The Morgan fingerprint density at radius 3 is 2.50 bits per heavy atom. The lowest BCUT2D eigenvalue weighted by Crippen LogP contribution is -2.23. The quantitative estimate of drug-likeness (QED) is 0.869. The van der Waals surface area contributed by atoms with Crippen molar-refractivity contribution in [2.75, 3.05) is 0 Å².